The number of aromatic nitrogens is 5. The molecular weight excluding hydrogens is 356 g/mol. The number of carbonyl (C=O) groups is 1. The van der Waals surface area contributed by atoms with E-state index in [0.717, 1.165) is 5.56 Å². The lowest BCUT2D eigenvalue weighted by molar-refractivity contribution is 0.0647. The second-order valence-electron chi connectivity index (χ2n) is 7.57. The van der Waals surface area contributed by atoms with Gasteiger partial charge in [-0.05, 0) is 11.5 Å². The van der Waals surface area contributed by atoms with Crippen LogP contribution in [0, 0.1) is 5.92 Å². The number of aryl methyl sites for hydroxylation is 1. The summed E-state index contributed by atoms with van der Waals surface area (Å²) in [6, 6.07) is 9.32. The van der Waals surface area contributed by atoms with Gasteiger partial charge in [0, 0.05) is 26.7 Å². The topological polar surface area (TPSA) is 78.0 Å². The van der Waals surface area contributed by atoms with Crippen LogP contribution in [0.4, 0.5) is 0 Å². The van der Waals surface area contributed by atoms with Gasteiger partial charge in [-0.1, -0.05) is 44.2 Å². The fourth-order valence-electron chi connectivity index (χ4n) is 3.70. The molecule has 2 aromatic heterocycles. The van der Waals surface area contributed by atoms with Crippen LogP contribution in [0.1, 0.15) is 41.8 Å². The van der Waals surface area contributed by atoms with E-state index in [-0.39, 0.29) is 11.6 Å². The Bertz CT molecular complexity index is 1050. The summed E-state index contributed by atoms with van der Waals surface area (Å²) in [4.78, 5) is 32.0. The standard InChI is InChI=1S/C20H24N6O2/c1-14(2)12-26-20(28)25-10-9-24(19(27)16-11-21-13-23(16)3)17(18(25)22-26)15-7-5-4-6-8-15/h4-8,11,13-14,17H,9-10,12H2,1-3H3/t17-/m1/s1. The molecule has 8 nitrogen and oxygen atoms in total. The average molecular weight is 380 g/mol. The van der Waals surface area contributed by atoms with Crippen molar-refractivity contribution in [1.82, 2.24) is 28.8 Å². The van der Waals surface area contributed by atoms with Crippen molar-refractivity contribution in [3.63, 3.8) is 0 Å². The fourth-order valence-corrected chi connectivity index (χ4v) is 3.70. The summed E-state index contributed by atoms with van der Waals surface area (Å²) in [7, 11) is 1.80. The van der Waals surface area contributed by atoms with E-state index >= 15 is 0 Å². The number of imidazole rings is 1. The molecule has 4 rings (SSSR count). The van der Waals surface area contributed by atoms with Crippen molar-refractivity contribution in [2.75, 3.05) is 6.54 Å². The second kappa shape index (κ2) is 7.10. The predicted octanol–water partition coefficient (Wildman–Crippen LogP) is 1.68. The molecule has 0 aliphatic carbocycles. The maximum Gasteiger partial charge on any atom is 0.346 e. The van der Waals surface area contributed by atoms with Gasteiger partial charge in [0.15, 0.2) is 5.82 Å². The summed E-state index contributed by atoms with van der Waals surface area (Å²) in [6.07, 6.45) is 3.19. The molecule has 1 aliphatic rings. The number of hydrogen-bond donors (Lipinski definition) is 0. The summed E-state index contributed by atoms with van der Waals surface area (Å²) < 4.78 is 4.94. The van der Waals surface area contributed by atoms with Gasteiger partial charge in [-0.25, -0.2) is 14.5 Å². The molecule has 8 heteroatoms. The van der Waals surface area contributed by atoms with Crippen molar-refractivity contribution in [2.24, 2.45) is 13.0 Å². The Morgan fingerprint density at radius 3 is 2.61 bits per heavy atom. The van der Waals surface area contributed by atoms with Crippen molar-refractivity contribution < 1.29 is 4.79 Å². The van der Waals surface area contributed by atoms with E-state index < -0.39 is 6.04 Å². The molecule has 3 heterocycles. The van der Waals surface area contributed by atoms with Crippen LogP contribution in [0.3, 0.4) is 0 Å². The zero-order valence-electron chi connectivity index (χ0n) is 16.3. The summed E-state index contributed by atoms with van der Waals surface area (Å²) in [5.74, 6) is 0.793. The van der Waals surface area contributed by atoms with Gasteiger partial charge in [0.2, 0.25) is 0 Å². The van der Waals surface area contributed by atoms with Crippen molar-refractivity contribution in [3.05, 3.63) is 70.4 Å². The number of carbonyl (C=O) groups excluding carboxylic acids is 1. The first-order valence-electron chi connectivity index (χ1n) is 9.47. The van der Waals surface area contributed by atoms with Crippen LogP contribution in [0.25, 0.3) is 0 Å². The largest absolute Gasteiger partial charge is 0.346 e. The van der Waals surface area contributed by atoms with Crippen LogP contribution in [0.15, 0.2) is 47.7 Å². The quantitative estimate of drug-likeness (QED) is 0.690. The zero-order valence-corrected chi connectivity index (χ0v) is 16.3. The van der Waals surface area contributed by atoms with Crippen molar-refractivity contribution >= 4 is 5.91 Å². The number of benzene rings is 1. The minimum Gasteiger partial charge on any atom is -0.330 e. The Balaban J connectivity index is 1.83. The van der Waals surface area contributed by atoms with Crippen molar-refractivity contribution in [3.8, 4) is 0 Å². The molecule has 3 aromatic rings. The minimum absolute atomic E-state index is 0.114. The Morgan fingerprint density at radius 2 is 1.96 bits per heavy atom. The highest BCUT2D eigenvalue weighted by Crippen LogP contribution is 2.31. The molecule has 0 radical (unpaired) electrons. The molecule has 0 spiro atoms. The van der Waals surface area contributed by atoms with E-state index in [1.165, 1.54) is 4.68 Å². The van der Waals surface area contributed by atoms with Gasteiger partial charge >= 0.3 is 5.69 Å². The van der Waals surface area contributed by atoms with Crippen molar-refractivity contribution in [2.45, 2.75) is 33.0 Å². The maximum atomic E-state index is 13.3. The molecule has 0 fully saturated rings. The Hall–Kier alpha value is -3.16. The highest BCUT2D eigenvalue weighted by atomic mass is 16.2. The van der Waals surface area contributed by atoms with Gasteiger partial charge in [0.1, 0.15) is 11.7 Å². The molecule has 1 atom stereocenters. The first-order valence-corrected chi connectivity index (χ1v) is 9.47. The van der Waals surface area contributed by atoms with E-state index in [2.05, 4.69) is 23.9 Å². The highest BCUT2D eigenvalue weighted by molar-refractivity contribution is 5.93. The molecule has 0 saturated heterocycles. The summed E-state index contributed by atoms with van der Waals surface area (Å²) >= 11 is 0. The van der Waals surface area contributed by atoms with E-state index in [4.69, 9.17) is 0 Å². The van der Waals surface area contributed by atoms with Crippen LogP contribution >= 0.6 is 0 Å². The maximum absolute atomic E-state index is 13.3. The lowest BCUT2D eigenvalue weighted by Gasteiger charge is -2.35. The van der Waals surface area contributed by atoms with Crippen LogP contribution < -0.4 is 5.69 Å². The number of rotatable bonds is 4. The van der Waals surface area contributed by atoms with Gasteiger partial charge < -0.3 is 9.47 Å². The molecule has 0 bridgehead atoms. The highest BCUT2D eigenvalue weighted by Gasteiger charge is 2.37. The van der Waals surface area contributed by atoms with E-state index in [1.807, 2.05) is 30.3 Å². The van der Waals surface area contributed by atoms with Gasteiger partial charge in [0.05, 0.1) is 12.5 Å². The summed E-state index contributed by atoms with van der Waals surface area (Å²) in [5, 5.41) is 4.64. The SMILES string of the molecule is CC(C)Cn1nc2n(c1=O)CCN(C(=O)c1cncn1C)[C@@H]2c1ccccc1. The lowest BCUT2D eigenvalue weighted by Crippen LogP contribution is -2.45. The molecule has 28 heavy (non-hydrogen) atoms. The monoisotopic (exact) mass is 380 g/mol. The predicted molar refractivity (Wildman–Crippen MR) is 104 cm³/mol. The van der Waals surface area contributed by atoms with Crippen molar-refractivity contribution in [1.29, 1.82) is 0 Å². The molecule has 1 amide bonds. The normalized spacial score (nSPS) is 16.4. The van der Waals surface area contributed by atoms with Gasteiger partial charge in [0.25, 0.3) is 5.91 Å². The van der Waals surface area contributed by atoms with Crippen LogP contribution in [0.2, 0.25) is 0 Å². The molecule has 0 unspecified atom stereocenters. The van der Waals surface area contributed by atoms with Gasteiger partial charge in [-0.2, -0.15) is 5.10 Å². The van der Waals surface area contributed by atoms with E-state index in [1.54, 1.807) is 33.6 Å². The zero-order chi connectivity index (χ0) is 19.8. The molecule has 0 saturated carbocycles. The Labute approximate surface area is 163 Å². The third kappa shape index (κ3) is 3.04. The summed E-state index contributed by atoms with van der Waals surface area (Å²) in [5.41, 5.74) is 1.33. The number of hydrogen-bond acceptors (Lipinski definition) is 4. The third-order valence-electron chi connectivity index (χ3n) is 5.02. The molecule has 1 aromatic carbocycles. The summed E-state index contributed by atoms with van der Waals surface area (Å²) in [6.45, 7) is 5.52. The number of fused-ring (bicyclic) bond motifs is 1. The molecular formula is C20H24N6O2. The van der Waals surface area contributed by atoms with Crippen LogP contribution in [-0.2, 0) is 20.1 Å². The van der Waals surface area contributed by atoms with Gasteiger partial charge in [-0.15, -0.1) is 0 Å². The Morgan fingerprint density at radius 1 is 1.21 bits per heavy atom. The smallest absolute Gasteiger partial charge is 0.330 e. The molecule has 1 aliphatic heterocycles. The lowest BCUT2D eigenvalue weighted by atomic mass is 10.0. The first kappa shape index (κ1) is 18.2. The first-order chi connectivity index (χ1) is 13.5. The molecule has 0 N–H and O–H groups in total. The fraction of sp³-hybridized carbons (Fsp3) is 0.400. The second-order valence-corrected chi connectivity index (χ2v) is 7.57. The minimum atomic E-state index is -0.418. The number of nitrogens with zero attached hydrogens (tertiary/aromatic N) is 6. The van der Waals surface area contributed by atoms with E-state index in [0.29, 0.717) is 37.1 Å². The van der Waals surface area contributed by atoms with Crippen LogP contribution in [-0.4, -0.2) is 41.3 Å². The molecule has 146 valence electrons. The van der Waals surface area contributed by atoms with Crippen LogP contribution in [0.5, 0.6) is 0 Å². The average Bonchev–Trinajstić information content (AvgIpc) is 3.24. The Kier molecular flexibility index (Phi) is 4.62. The van der Waals surface area contributed by atoms with Gasteiger partial charge in [-0.3, -0.25) is 9.36 Å². The van der Waals surface area contributed by atoms with E-state index in [9.17, 15) is 9.59 Å². The third-order valence-corrected chi connectivity index (χ3v) is 5.02. The number of amides is 1.